The molecule has 0 radical (unpaired) electrons. The highest BCUT2D eigenvalue weighted by atomic mass is 35.5. The molecule has 1 N–H and O–H groups in total. The molecule has 4 nitrogen and oxygen atoms in total. The van der Waals surface area contributed by atoms with Gasteiger partial charge in [-0.3, -0.25) is 0 Å². The van der Waals surface area contributed by atoms with Gasteiger partial charge in [0.25, 0.3) is 0 Å². The number of hydrogen-bond donors (Lipinski definition) is 1. The number of pyridine rings is 1. The van der Waals surface area contributed by atoms with Gasteiger partial charge >= 0.3 is 6.09 Å². The van der Waals surface area contributed by atoms with Crippen LogP contribution < -0.4 is 5.32 Å². The van der Waals surface area contributed by atoms with E-state index < -0.39 is 17.5 Å². The lowest BCUT2D eigenvalue weighted by Gasteiger charge is -2.19. The number of carbonyl (C=O) groups is 1. The van der Waals surface area contributed by atoms with E-state index in [0.717, 1.165) is 5.56 Å². The van der Waals surface area contributed by atoms with Crippen molar-refractivity contribution in [2.75, 3.05) is 6.54 Å². The van der Waals surface area contributed by atoms with Crippen molar-refractivity contribution in [1.82, 2.24) is 10.3 Å². The summed E-state index contributed by atoms with van der Waals surface area (Å²) in [4.78, 5) is 15.9. The van der Waals surface area contributed by atoms with Gasteiger partial charge in [0, 0.05) is 12.1 Å². The van der Waals surface area contributed by atoms with Crippen LogP contribution in [0, 0.1) is 5.82 Å². The molecule has 1 aromatic heterocycles. The number of nitrogens with zero attached hydrogens (tertiary/aromatic N) is 1. The maximum Gasteiger partial charge on any atom is 0.407 e. The molecule has 134 valence electrons. The molecule has 2 rings (SSSR count). The summed E-state index contributed by atoms with van der Waals surface area (Å²) in [6, 6.07) is 7.91. The minimum absolute atomic E-state index is 0.0208. The fourth-order valence-electron chi connectivity index (χ4n) is 2.12. The lowest BCUT2D eigenvalue weighted by molar-refractivity contribution is 0.0528. The van der Waals surface area contributed by atoms with Crippen molar-refractivity contribution in [3.63, 3.8) is 0 Å². The quantitative estimate of drug-likeness (QED) is 0.731. The van der Waals surface area contributed by atoms with Gasteiger partial charge in [-0.1, -0.05) is 23.2 Å². The van der Waals surface area contributed by atoms with Crippen molar-refractivity contribution in [3.8, 4) is 11.3 Å². The van der Waals surface area contributed by atoms with Crippen LogP contribution in [0.1, 0.15) is 26.3 Å². The summed E-state index contributed by atoms with van der Waals surface area (Å²) in [5.74, 6) is -0.491. The third-order valence-electron chi connectivity index (χ3n) is 3.15. The summed E-state index contributed by atoms with van der Waals surface area (Å²) in [6.07, 6.45) is 0.0712. The van der Waals surface area contributed by atoms with Gasteiger partial charge in [-0.05, 0) is 63.1 Å². The van der Waals surface area contributed by atoms with Crippen LogP contribution in [-0.2, 0) is 11.2 Å². The van der Waals surface area contributed by atoms with Crippen LogP contribution in [0.3, 0.4) is 0 Å². The summed E-state index contributed by atoms with van der Waals surface area (Å²) in [6.45, 7) is 5.79. The normalized spacial score (nSPS) is 11.3. The first-order chi connectivity index (χ1) is 11.6. The minimum atomic E-state index is -0.543. The predicted molar refractivity (Wildman–Crippen MR) is 97.6 cm³/mol. The van der Waals surface area contributed by atoms with E-state index in [1.807, 2.05) is 6.07 Å². The Morgan fingerprint density at radius 2 is 1.96 bits per heavy atom. The van der Waals surface area contributed by atoms with Gasteiger partial charge in [-0.15, -0.1) is 0 Å². The standard InChI is InChI=1S/C18H19Cl2FN2O2/c1-18(2,3)25-17(24)22-7-6-11-8-15(23-16(20)9-11)12-4-5-14(21)13(19)10-12/h4-5,8-10H,6-7H2,1-3H3,(H,22,24). The second-order valence-electron chi connectivity index (χ2n) is 6.49. The van der Waals surface area contributed by atoms with Crippen LogP contribution in [0.25, 0.3) is 11.3 Å². The molecule has 0 aliphatic rings. The zero-order chi connectivity index (χ0) is 18.6. The van der Waals surface area contributed by atoms with Crippen LogP contribution in [-0.4, -0.2) is 23.2 Å². The average molecular weight is 385 g/mol. The van der Waals surface area contributed by atoms with Crippen LogP contribution in [0.5, 0.6) is 0 Å². The number of rotatable bonds is 4. The van der Waals surface area contributed by atoms with Crippen molar-refractivity contribution in [3.05, 3.63) is 51.9 Å². The van der Waals surface area contributed by atoms with Gasteiger partial charge in [-0.2, -0.15) is 0 Å². The van der Waals surface area contributed by atoms with Gasteiger partial charge in [0.05, 0.1) is 10.7 Å². The molecule has 0 fully saturated rings. The number of alkyl carbamates (subject to hydrolysis) is 1. The second-order valence-corrected chi connectivity index (χ2v) is 7.29. The van der Waals surface area contributed by atoms with Crippen molar-refractivity contribution < 1.29 is 13.9 Å². The Balaban J connectivity index is 2.06. The Morgan fingerprint density at radius 3 is 2.60 bits per heavy atom. The van der Waals surface area contributed by atoms with Crippen molar-refractivity contribution in [1.29, 1.82) is 0 Å². The Labute approximate surface area is 156 Å². The maximum absolute atomic E-state index is 13.3. The molecule has 25 heavy (non-hydrogen) atoms. The van der Waals surface area contributed by atoms with Gasteiger partial charge in [0.2, 0.25) is 0 Å². The highest BCUT2D eigenvalue weighted by Gasteiger charge is 2.15. The first-order valence-corrected chi connectivity index (χ1v) is 8.48. The molecule has 0 saturated heterocycles. The molecule has 7 heteroatoms. The average Bonchev–Trinajstić information content (AvgIpc) is 2.47. The van der Waals surface area contributed by atoms with E-state index in [4.69, 9.17) is 27.9 Å². The lowest BCUT2D eigenvalue weighted by Crippen LogP contribution is -2.33. The maximum atomic E-state index is 13.3. The second kappa shape index (κ2) is 8.02. The zero-order valence-electron chi connectivity index (χ0n) is 14.2. The Kier molecular flexibility index (Phi) is 6.25. The molecule has 0 aliphatic carbocycles. The Hall–Kier alpha value is -1.85. The van der Waals surface area contributed by atoms with Gasteiger partial charge < -0.3 is 10.1 Å². The number of hydrogen-bond acceptors (Lipinski definition) is 3. The van der Waals surface area contributed by atoms with Crippen molar-refractivity contribution >= 4 is 29.3 Å². The molecule has 1 amide bonds. The predicted octanol–water partition coefficient (Wildman–Crippen LogP) is 5.26. The number of carbonyl (C=O) groups excluding carboxylic acids is 1. The van der Waals surface area contributed by atoms with E-state index in [9.17, 15) is 9.18 Å². The number of benzene rings is 1. The smallest absolute Gasteiger partial charge is 0.407 e. The highest BCUT2D eigenvalue weighted by Crippen LogP contribution is 2.25. The first kappa shape index (κ1) is 19.5. The number of nitrogens with one attached hydrogen (secondary N) is 1. The molecule has 1 heterocycles. The fraction of sp³-hybridized carbons (Fsp3) is 0.333. The number of amides is 1. The number of ether oxygens (including phenoxy) is 1. The van der Waals surface area contributed by atoms with Crippen molar-refractivity contribution in [2.24, 2.45) is 0 Å². The first-order valence-electron chi connectivity index (χ1n) is 7.73. The van der Waals surface area contributed by atoms with E-state index in [1.54, 1.807) is 32.9 Å². The monoisotopic (exact) mass is 384 g/mol. The third-order valence-corrected chi connectivity index (χ3v) is 3.63. The molecule has 0 bridgehead atoms. The molecule has 1 aromatic carbocycles. The highest BCUT2D eigenvalue weighted by molar-refractivity contribution is 6.31. The van der Waals surface area contributed by atoms with Crippen LogP contribution in [0.4, 0.5) is 9.18 Å². The van der Waals surface area contributed by atoms with Crippen LogP contribution in [0.2, 0.25) is 10.2 Å². The van der Waals surface area contributed by atoms with Crippen LogP contribution in [0.15, 0.2) is 30.3 Å². The molecule has 2 aromatic rings. The Morgan fingerprint density at radius 1 is 1.24 bits per heavy atom. The van der Waals surface area contributed by atoms with E-state index in [2.05, 4.69) is 10.3 Å². The van der Waals surface area contributed by atoms with E-state index in [-0.39, 0.29) is 5.02 Å². The summed E-state index contributed by atoms with van der Waals surface area (Å²) in [5.41, 5.74) is 1.59. The van der Waals surface area contributed by atoms with Crippen LogP contribution >= 0.6 is 23.2 Å². The van der Waals surface area contributed by atoms with Gasteiger partial charge in [0.1, 0.15) is 16.6 Å². The molecule has 0 atom stereocenters. The topological polar surface area (TPSA) is 51.2 Å². The molecule has 0 saturated carbocycles. The van der Waals surface area contributed by atoms with E-state index >= 15 is 0 Å². The molecular formula is C18H19Cl2FN2O2. The molecular weight excluding hydrogens is 366 g/mol. The Bertz CT molecular complexity index is 776. The molecule has 0 spiro atoms. The summed E-state index contributed by atoms with van der Waals surface area (Å²) >= 11 is 11.9. The lowest BCUT2D eigenvalue weighted by atomic mass is 10.1. The van der Waals surface area contributed by atoms with Crippen molar-refractivity contribution in [2.45, 2.75) is 32.8 Å². The molecule has 0 aliphatic heterocycles. The van der Waals surface area contributed by atoms with Gasteiger partial charge in [-0.25, -0.2) is 14.2 Å². The third kappa shape index (κ3) is 6.18. The SMILES string of the molecule is CC(C)(C)OC(=O)NCCc1cc(Cl)nc(-c2ccc(F)c(Cl)c2)c1. The molecule has 0 unspecified atom stereocenters. The minimum Gasteiger partial charge on any atom is -0.444 e. The largest absolute Gasteiger partial charge is 0.444 e. The summed E-state index contributed by atoms with van der Waals surface area (Å²) in [5, 5.41) is 3.02. The zero-order valence-corrected chi connectivity index (χ0v) is 15.7. The number of halogens is 3. The fourth-order valence-corrected chi connectivity index (χ4v) is 2.53. The summed E-state index contributed by atoms with van der Waals surface area (Å²) in [7, 11) is 0. The van der Waals surface area contributed by atoms with E-state index in [1.165, 1.54) is 12.1 Å². The summed E-state index contributed by atoms with van der Waals surface area (Å²) < 4.78 is 18.5. The number of aromatic nitrogens is 1. The van der Waals surface area contributed by atoms with E-state index in [0.29, 0.717) is 29.4 Å². The van der Waals surface area contributed by atoms with Gasteiger partial charge in [0.15, 0.2) is 0 Å².